The van der Waals surface area contributed by atoms with E-state index in [0.29, 0.717) is 0 Å². The second-order valence-electron chi connectivity index (χ2n) is 6.48. The lowest BCUT2D eigenvalue weighted by Crippen LogP contribution is -2.68. The first kappa shape index (κ1) is 20.6. The van der Waals surface area contributed by atoms with E-state index in [1.165, 1.54) is 6.92 Å². The predicted molar refractivity (Wildman–Crippen MR) is 91.0 cm³/mol. The fourth-order valence-electron chi connectivity index (χ4n) is 2.40. The molecule has 1 aromatic rings. The Morgan fingerprint density at radius 1 is 0.960 bits per heavy atom. The molecule has 0 radical (unpaired) electrons. The zero-order chi connectivity index (χ0) is 19.3. The molecule has 0 aliphatic heterocycles. The monoisotopic (exact) mass is 351 g/mol. The van der Waals surface area contributed by atoms with Crippen molar-refractivity contribution in [3.8, 4) is 0 Å². The number of hydrogen-bond acceptors (Lipinski definition) is 6. The zero-order valence-corrected chi connectivity index (χ0v) is 15.4. The summed E-state index contributed by atoms with van der Waals surface area (Å²) in [5.41, 5.74) is -2.53. The Hall–Kier alpha value is -2.41. The van der Waals surface area contributed by atoms with Crippen molar-refractivity contribution in [2.45, 2.75) is 44.9 Å². The van der Waals surface area contributed by atoms with Crippen LogP contribution in [0.2, 0.25) is 0 Å². The number of hydrogen-bond donors (Lipinski definition) is 1. The van der Waals surface area contributed by atoms with E-state index < -0.39 is 35.1 Å². The maximum Gasteiger partial charge on any atom is 0.346 e. The van der Waals surface area contributed by atoms with Gasteiger partial charge in [-0.15, -0.1) is 0 Å². The van der Waals surface area contributed by atoms with Crippen LogP contribution >= 0.6 is 0 Å². The third kappa shape index (κ3) is 4.79. The van der Waals surface area contributed by atoms with Crippen LogP contribution < -0.4 is 5.32 Å². The van der Waals surface area contributed by atoms with Gasteiger partial charge in [-0.1, -0.05) is 18.2 Å². The van der Waals surface area contributed by atoms with Gasteiger partial charge in [0.15, 0.2) is 0 Å². The molecule has 1 rings (SSSR count). The summed E-state index contributed by atoms with van der Waals surface area (Å²) in [5, 5.41) is 2.46. The van der Waals surface area contributed by atoms with Crippen molar-refractivity contribution in [3.05, 3.63) is 35.9 Å². The van der Waals surface area contributed by atoms with Crippen LogP contribution in [-0.2, 0) is 23.8 Å². The minimum atomic E-state index is -2.14. The highest BCUT2D eigenvalue weighted by molar-refractivity contribution is 6.10. The average molecular weight is 351 g/mol. The van der Waals surface area contributed by atoms with Gasteiger partial charge < -0.3 is 19.5 Å². The van der Waals surface area contributed by atoms with Gasteiger partial charge in [-0.05, 0) is 39.8 Å². The molecule has 1 aromatic carbocycles. The maximum absolute atomic E-state index is 12.6. The number of benzene rings is 1. The van der Waals surface area contributed by atoms with Crippen LogP contribution in [0.3, 0.4) is 0 Å². The van der Waals surface area contributed by atoms with Gasteiger partial charge in [0.2, 0.25) is 0 Å². The number of amides is 1. The lowest BCUT2D eigenvalue weighted by Gasteiger charge is -2.37. The summed E-state index contributed by atoms with van der Waals surface area (Å²) in [6, 6.07) is 8.20. The Morgan fingerprint density at radius 3 is 1.84 bits per heavy atom. The van der Waals surface area contributed by atoms with Gasteiger partial charge in [0.1, 0.15) is 6.10 Å². The van der Waals surface area contributed by atoms with Crippen LogP contribution in [0.4, 0.5) is 0 Å². The molecule has 0 aliphatic rings. The molecule has 25 heavy (non-hydrogen) atoms. The van der Waals surface area contributed by atoms with E-state index in [1.54, 1.807) is 51.1 Å². The molecule has 1 amide bonds. The van der Waals surface area contributed by atoms with Crippen molar-refractivity contribution in [1.82, 2.24) is 5.32 Å². The van der Waals surface area contributed by atoms with E-state index in [-0.39, 0.29) is 5.56 Å². The zero-order valence-electron chi connectivity index (χ0n) is 15.4. The molecule has 1 unspecified atom stereocenters. The standard InChI is InChI=1S/C18H25NO6/c1-12(25-17(2,3)4)18(15(21)23-5,16(22)24-6)19-14(20)13-10-8-7-9-11-13/h7-12H,1-6H3,(H,19,20). The number of carbonyl (C=O) groups excluding carboxylic acids is 3. The predicted octanol–water partition coefficient (Wildman–Crippen LogP) is 1.70. The molecule has 0 saturated heterocycles. The molecule has 0 bridgehead atoms. The first-order chi connectivity index (χ1) is 11.6. The first-order valence-corrected chi connectivity index (χ1v) is 7.80. The molecule has 0 aliphatic carbocycles. The van der Waals surface area contributed by atoms with Crippen molar-refractivity contribution < 1.29 is 28.6 Å². The summed E-state index contributed by atoms with van der Waals surface area (Å²) in [5.74, 6) is -2.57. The van der Waals surface area contributed by atoms with E-state index in [4.69, 9.17) is 14.2 Å². The van der Waals surface area contributed by atoms with Crippen molar-refractivity contribution >= 4 is 17.8 Å². The van der Waals surface area contributed by atoms with Gasteiger partial charge in [-0.3, -0.25) is 4.79 Å². The Bertz CT molecular complexity index is 604. The molecule has 7 nitrogen and oxygen atoms in total. The molecule has 1 atom stereocenters. The van der Waals surface area contributed by atoms with Gasteiger partial charge in [-0.2, -0.15) is 0 Å². The van der Waals surface area contributed by atoms with Crippen LogP contribution in [0.1, 0.15) is 38.1 Å². The number of nitrogens with one attached hydrogen (secondary N) is 1. The second kappa shape index (κ2) is 8.11. The highest BCUT2D eigenvalue weighted by Crippen LogP contribution is 2.24. The third-order valence-corrected chi connectivity index (χ3v) is 3.50. The maximum atomic E-state index is 12.6. The molecule has 0 aromatic heterocycles. The Labute approximate surface area is 147 Å². The largest absolute Gasteiger partial charge is 0.467 e. The summed E-state index contributed by atoms with van der Waals surface area (Å²) in [7, 11) is 2.25. The molecule has 0 fully saturated rings. The fourth-order valence-corrected chi connectivity index (χ4v) is 2.40. The van der Waals surface area contributed by atoms with Crippen LogP contribution in [0.25, 0.3) is 0 Å². The fraction of sp³-hybridized carbons (Fsp3) is 0.500. The Morgan fingerprint density at radius 2 is 1.44 bits per heavy atom. The highest BCUT2D eigenvalue weighted by Gasteiger charge is 2.56. The summed E-state index contributed by atoms with van der Waals surface area (Å²) in [4.78, 5) is 37.6. The van der Waals surface area contributed by atoms with Gasteiger partial charge in [-0.25, -0.2) is 9.59 Å². The topological polar surface area (TPSA) is 90.9 Å². The summed E-state index contributed by atoms with van der Waals surface area (Å²) < 4.78 is 15.3. The van der Waals surface area contributed by atoms with Crippen LogP contribution in [0.5, 0.6) is 0 Å². The summed E-state index contributed by atoms with van der Waals surface area (Å²) >= 11 is 0. The molecular weight excluding hydrogens is 326 g/mol. The molecule has 138 valence electrons. The van der Waals surface area contributed by atoms with E-state index >= 15 is 0 Å². The molecule has 1 N–H and O–H groups in total. The Kier molecular flexibility index (Phi) is 6.70. The van der Waals surface area contributed by atoms with E-state index in [1.807, 2.05) is 0 Å². The number of ether oxygens (including phenoxy) is 3. The van der Waals surface area contributed by atoms with Gasteiger partial charge in [0.05, 0.1) is 19.8 Å². The minimum Gasteiger partial charge on any atom is -0.467 e. The Balaban J connectivity index is 3.36. The van der Waals surface area contributed by atoms with Crippen LogP contribution in [-0.4, -0.2) is 49.3 Å². The van der Waals surface area contributed by atoms with Crippen molar-refractivity contribution in [2.75, 3.05) is 14.2 Å². The highest BCUT2D eigenvalue weighted by atomic mass is 16.6. The van der Waals surface area contributed by atoms with Crippen LogP contribution in [0.15, 0.2) is 30.3 Å². The summed E-state index contributed by atoms with van der Waals surface area (Å²) in [6.07, 6.45) is -1.04. The van der Waals surface area contributed by atoms with Gasteiger partial charge >= 0.3 is 11.9 Å². The van der Waals surface area contributed by atoms with Gasteiger partial charge in [0.25, 0.3) is 11.4 Å². The van der Waals surface area contributed by atoms with E-state index in [9.17, 15) is 14.4 Å². The molecule has 7 heteroatoms. The first-order valence-electron chi connectivity index (χ1n) is 7.80. The number of rotatable bonds is 6. The van der Waals surface area contributed by atoms with Crippen molar-refractivity contribution in [1.29, 1.82) is 0 Å². The van der Waals surface area contributed by atoms with E-state index in [0.717, 1.165) is 14.2 Å². The number of carbonyl (C=O) groups is 3. The van der Waals surface area contributed by atoms with E-state index in [2.05, 4.69) is 5.32 Å². The SMILES string of the molecule is COC(=O)C(NC(=O)c1ccccc1)(C(=O)OC)C(C)OC(C)(C)C. The normalized spacial score (nSPS) is 12.9. The lowest BCUT2D eigenvalue weighted by molar-refractivity contribution is -0.177. The number of methoxy groups -OCH3 is 2. The smallest absolute Gasteiger partial charge is 0.346 e. The molecule has 0 spiro atoms. The molecular formula is C18H25NO6. The van der Waals surface area contributed by atoms with Crippen LogP contribution in [0, 0.1) is 0 Å². The second-order valence-corrected chi connectivity index (χ2v) is 6.48. The minimum absolute atomic E-state index is 0.280. The third-order valence-electron chi connectivity index (χ3n) is 3.50. The molecule has 0 heterocycles. The lowest BCUT2D eigenvalue weighted by atomic mass is 9.91. The average Bonchev–Trinajstić information content (AvgIpc) is 2.57. The van der Waals surface area contributed by atoms with Gasteiger partial charge in [0, 0.05) is 5.56 Å². The van der Waals surface area contributed by atoms with Crippen molar-refractivity contribution in [3.63, 3.8) is 0 Å². The summed E-state index contributed by atoms with van der Waals surface area (Å²) in [6.45, 7) is 6.80. The van der Waals surface area contributed by atoms with Crippen molar-refractivity contribution in [2.24, 2.45) is 0 Å². The number of esters is 2. The molecule has 0 saturated carbocycles. The quantitative estimate of drug-likeness (QED) is 0.620.